The molecule has 5 rings (SSSR count). The minimum Gasteiger partial charge on any atom is -0.336 e. The van der Waals surface area contributed by atoms with Crippen LogP contribution >= 0.6 is 0 Å². The SMILES string of the molecule is O=C1NC(N2CCN(C(=O)c3ccc(CCNCc4cccc(C(F)(F)F)c4)cc3)CC2)NC2CCCCC12. The zero-order chi connectivity index (χ0) is 27.4. The van der Waals surface area contributed by atoms with Gasteiger partial charge in [0.15, 0.2) is 0 Å². The first-order valence-corrected chi connectivity index (χ1v) is 13.8. The number of carbonyl (C=O) groups is 2. The van der Waals surface area contributed by atoms with Gasteiger partial charge in [0.25, 0.3) is 5.91 Å². The number of nitrogens with zero attached hydrogens (tertiary/aromatic N) is 2. The number of nitrogens with one attached hydrogen (secondary N) is 3. The minimum absolute atomic E-state index is 0.00291. The second-order valence-electron chi connectivity index (χ2n) is 10.7. The van der Waals surface area contributed by atoms with E-state index in [1.54, 1.807) is 6.07 Å². The smallest absolute Gasteiger partial charge is 0.336 e. The van der Waals surface area contributed by atoms with E-state index in [-0.39, 0.29) is 30.1 Å². The molecule has 39 heavy (non-hydrogen) atoms. The van der Waals surface area contributed by atoms with Gasteiger partial charge in [-0.1, -0.05) is 43.2 Å². The fourth-order valence-corrected chi connectivity index (χ4v) is 5.83. The highest BCUT2D eigenvalue weighted by atomic mass is 19.4. The molecule has 2 aliphatic heterocycles. The molecule has 7 nitrogen and oxygen atoms in total. The van der Waals surface area contributed by atoms with Gasteiger partial charge in [-0.25, -0.2) is 0 Å². The molecular formula is C29H36F3N5O2. The van der Waals surface area contributed by atoms with E-state index in [9.17, 15) is 22.8 Å². The van der Waals surface area contributed by atoms with E-state index in [0.717, 1.165) is 37.3 Å². The Morgan fingerprint density at radius 2 is 1.72 bits per heavy atom. The number of fused-ring (bicyclic) bond motifs is 1. The van der Waals surface area contributed by atoms with Gasteiger partial charge in [0.2, 0.25) is 5.91 Å². The number of carbonyl (C=O) groups excluding carboxylic acids is 2. The van der Waals surface area contributed by atoms with Crippen LogP contribution in [0.15, 0.2) is 48.5 Å². The summed E-state index contributed by atoms with van der Waals surface area (Å²) in [6.07, 6.45) is 0.451. The summed E-state index contributed by atoms with van der Waals surface area (Å²) >= 11 is 0. The molecule has 2 heterocycles. The molecule has 3 fully saturated rings. The van der Waals surface area contributed by atoms with Gasteiger partial charge in [-0.2, -0.15) is 13.2 Å². The number of hydrogen-bond donors (Lipinski definition) is 3. The predicted molar refractivity (Wildman–Crippen MR) is 142 cm³/mol. The van der Waals surface area contributed by atoms with Crippen molar-refractivity contribution in [2.45, 2.75) is 57.2 Å². The largest absolute Gasteiger partial charge is 0.416 e. The van der Waals surface area contributed by atoms with E-state index in [1.165, 1.54) is 12.1 Å². The van der Waals surface area contributed by atoms with Crippen molar-refractivity contribution in [3.63, 3.8) is 0 Å². The Labute approximate surface area is 227 Å². The lowest BCUT2D eigenvalue weighted by molar-refractivity contribution is -0.137. The Bertz CT molecular complexity index is 1150. The van der Waals surface area contributed by atoms with Crippen molar-refractivity contribution in [1.82, 2.24) is 25.8 Å². The summed E-state index contributed by atoms with van der Waals surface area (Å²) in [6, 6.07) is 13.1. The van der Waals surface area contributed by atoms with Crippen LogP contribution in [-0.4, -0.2) is 66.7 Å². The fraction of sp³-hybridized carbons (Fsp3) is 0.517. The number of amides is 2. The standard InChI is InChI=1S/C29H36F3N5O2/c30-29(31,32)23-5-3-4-21(18-23)19-33-13-12-20-8-10-22(11-9-20)27(39)36-14-16-37(17-15-36)28-34-25-7-2-1-6-24(25)26(38)35-28/h3-5,8-11,18,24-25,28,33-34H,1-2,6-7,12-17,19H2,(H,35,38). The first-order valence-electron chi connectivity index (χ1n) is 13.8. The van der Waals surface area contributed by atoms with Crippen LogP contribution in [-0.2, 0) is 23.9 Å². The van der Waals surface area contributed by atoms with Gasteiger partial charge in [0.05, 0.1) is 11.5 Å². The molecule has 0 aromatic heterocycles. The summed E-state index contributed by atoms with van der Waals surface area (Å²) in [5.41, 5.74) is 1.63. The third kappa shape index (κ3) is 6.80. The minimum atomic E-state index is -4.34. The average Bonchev–Trinajstić information content (AvgIpc) is 2.95. The van der Waals surface area contributed by atoms with Crippen molar-refractivity contribution in [2.75, 3.05) is 32.7 Å². The third-order valence-electron chi connectivity index (χ3n) is 8.10. The molecule has 2 saturated heterocycles. The lowest BCUT2D eigenvalue weighted by atomic mass is 9.82. The maximum Gasteiger partial charge on any atom is 0.416 e. The van der Waals surface area contributed by atoms with Crippen molar-refractivity contribution in [1.29, 1.82) is 0 Å². The van der Waals surface area contributed by atoms with Gasteiger partial charge in [-0.15, -0.1) is 0 Å². The van der Waals surface area contributed by atoms with Gasteiger partial charge >= 0.3 is 6.18 Å². The van der Waals surface area contributed by atoms with Crippen molar-refractivity contribution in [3.05, 3.63) is 70.8 Å². The number of benzene rings is 2. The van der Waals surface area contributed by atoms with Gasteiger partial charge in [-0.05, 0) is 55.1 Å². The van der Waals surface area contributed by atoms with Crippen LogP contribution in [0.25, 0.3) is 0 Å². The monoisotopic (exact) mass is 543 g/mol. The number of hydrogen-bond acceptors (Lipinski definition) is 5. The zero-order valence-corrected chi connectivity index (χ0v) is 22.0. The Morgan fingerprint density at radius 1 is 0.974 bits per heavy atom. The van der Waals surface area contributed by atoms with Crippen LogP contribution in [0.2, 0.25) is 0 Å². The normalized spacial score (nSPS) is 24.2. The zero-order valence-electron chi connectivity index (χ0n) is 22.0. The molecule has 3 aliphatic rings. The molecule has 3 unspecified atom stereocenters. The maximum absolute atomic E-state index is 13.1. The highest BCUT2D eigenvalue weighted by Gasteiger charge is 2.40. The maximum atomic E-state index is 13.1. The molecule has 1 saturated carbocycles. The number of piperazine rings is 1. The molecule has 2 aromatic rings. The lowest BCUT2D eigenvalue weighted by Gasteiger charge is -2.46. The molecule has 2 amide bonds. The van der Waals surface area contributed by atoms with Gasteiger partial charge in [0.1, 0.15) is 6.29 Å². The van der Waals surface area contributed by atoms with Crippen LogP contribution in [0.5, 0.6) is 0 Å². The third-order valence-corrected chi connectivity index (χ3v) is 8.10. The van der Waals surface area contributed by atoms with Crippen LogP contribution in [0.1, 0.15) is 52.7 Å². The average molecular weight is 544 g/mol. The number of halogens is 3. The second kappa shape index (κ2) is 12.1. The quantitative estimate of drug-likeness (QED) is 0.467. The van der Waals surface area contributed by atoms with E-state index in [4.69, 9.17) is 0 Å². The Balaban J connectivity index is 1.05. The molecule has 0 bridgehead atoms. The summed E-state index contributed by atoms with van der Waals surface area (Å²) in [7, 11) is 0. The van der Waals surface area contributed by atoms with E-state index >= 15 is 0 Å². The van der Waals surface area contributed by atoms with Crippen LogP contribution in [0.4, 0.5) is 13.2 Å². The first kappa shape index (κ1) is 27.6. The summed E-state index contributed by atoms with van der Waals surface area (Å²) in [5, 5.41) is 9.93. The van der Waals surface area contributed by atoms with Crippen molar-refractivity contribution >= 4 is 11.8 Å². The molecule has 3 atom stereocenters. The molecule has 1 aliphatic carbocycles. The fourth-order valence-electron chi connectivity index (χ4n) is 5.83. The van der Waals surface area contributed by atoms with E-state index in [1.807, 2.05) is 29.2 Å². The highest BCUT2D eigenvalue weighted by molar-refractivity contribution is 5.94. The number of rotatable bonds is 7. The lowest BCUT2D eigenvalue weighted by Crippen LogP contribution is -2.69. The molecule has 2 aromatic carbocycles. The Hall–Kier alpha value is -2.95. The molecule has 210 valence electrons. The van der Waals surface area contributed by atoms with Crippen molar-refractivity contribution in [3.8, 4) is 0 Å². The first-order chi connectivity index (χ1) is 18.8. The Morgan fingerprint density at radius 3 is 2.46 bits per heavy atom. The van der Waals surface area contributed by atoms with E-state index < -0.39 is 11.7 Å². The second-order valence-corrected chi connectivity index (χ2v) is 10.7. The van der Waals surface area contributed by atoms with Crippen molar-refractivity contribution < 1.29 is 22.8 Å². The highest BCUT2D eigenvalue weighted by Crippen LogP contribution is 2.30. The van der Waals surface area contributed by atoms with Crippen LogP contribution in [0.3, 0.4) is 0 Å². The van der Waals surface area contributed by atoms with Gasteiger partial charge in [-0.3, -0.25) is 19.8 Å². The molecule has 0 spiro atoms. The Kier molecular flexibility index (Phi) is 8.54. The van der Waals surface area contributed by atoms with Gasteiger partial charge < -0.3 is 15.5 Å². The summed E-state index contributed by atoms with van der Waals surface area (Å²) in [6.45, 7) is 3.55. The molecule has 10 heteroatoms. The predicted octanol–water partition coefficient (Wildman–Crippen LogP) is 3.36. The van der Waals surface area contributed by atoms with E-state index in [0.29, 0.717) is 56.8 Å². The van der Waals surface area contributed by atoms with Crippen molar-refractivity contribution in [2.24, 2.45) is 5.92 Å². The molecule has 3 N–H and O–H groups in total. The van der Waals surface area contributed by atoms with E-state index in [2.05, 4.69) is 20.9 Å². The van der Waals surface area contributed by atoms with Crippen LogP contribution < -0.4 is 16.0 Å². The topological polar surface area (TPSA) is 76.7 Å². The van der Waals surface area contributed by atoms with Crippen LogP contribution in [0, 0.1) is 5.92 Å². The van der Waals surface area contributed by atoms with Gasteiger partial charge in [0, 0.05) is 44.3 Å². The molecular weight excluding hydrogens is 507 g/mol. The summed E-state index contributed by atoms with van der Waals surface area (Å²) < 4.78 is 38.6. The summed E-state index contributed by atoms with van der Waals surface area (Å²) in [4.78, 5) is 29.7. The molecule has 0 radical (unpaired) electrons. The summed E-state index contributed by atoms with van der Waals surface area (Å²) in [5.74, 6) is 0.219. The number of alkyl halides is 3.